The third kappa shape index (κ3) is 2.79. The Labute approximate surface area is 104 Å². The lowest BCUT2D eigenvalue weighted by Gasteiger charge is -2.06. The van der Waals surface area contributed by atoms with Crippen LogP contribution in [-0.4, -0.2) is 14.9 Å². The highest BCUT2D eigenvalue weighted by Gasteiger charge is 2.14. The van der Waals surface area contributed by atoms with Crippen LogP contribution in [-0.2, 0) is 6.54 Å². The van der Waals surface area contributed by atoms with E-state index in [4.69, 9.17) is 0 Å². The van der Waals surface area contributed by atoms with E-state index in [1.165, 1.54) is 6.07 Å². The molecule has 0 aliphatic carbocycles. The van der Waals surface area contributed by atoms with Crippen LogP contribution in [0.15, 0.2) is 36.7 Å². The third-order valence-electron chi connectivity index (χ3n) is 2.39. The van der Waals surface area contributed by atoms with Gasteiger partial charge < -0.3 is 5.32 Å². The van der Waals surface area contributed by atoms with Gasteiger partial charge in [-0.25, -0.2) is 4.98 Å². The molecule has 0 unspecified atom stereocenters. The number of rotatable bonds is 4. The molecule has 0 atom stereocenters. The lowest BCUT2D eigenvalue weighted by molar-refractivity contribution is -0.384. The van der Waals surface area contributed by atoms with Crippen LogP contribution in [0.4, 0.5) is 11.5 Å². The molecule has 0 bridgehead atoms. The maximum absolute atomic E-state index is 10.9. The Morgan fingerprint density at radius 1 is 1.39 bits per heavy atom. The average molecular weight is 244 g/mol. The summed E-state index contributed by atoms with van der Waals surface area (Å²) in [6, 6.07) is 6.78. The Balaban J connectivity index is 2.18. The molecule has 0 aliphatic rings. The number of pyridine rings is 2. The van der Waals surface area contributed by atoms with Gasteiger partial charge in [0.2, 0.25) is 5.82 Å². The van der Waals surface area contributed by atoms with Crippen molar-refractivity contribution in [2.24, 2.45) is 0 Å². The van der Waals surface area contributed by atoms with Crippen molar-refractivity contribution >= 4 is 11.5 Å². The maximum Gasteiger partial charge on any atom is 0.311 e. The predicted molar refractivity (Wildman–Crippen MR) is 67.2 cm³/mol. The van der Waals surface area contributed by atoms with Gasteiger partial charge in [-0.2, -0.15) is 0 Å². The van der Waals surface area contributed by atoms with Gasteiger partial charge in [-0.3, -0.25) is 15.1 Å². The van der Waals surface area contributed by atoms with Gasteiger partial charge in [0.25, 0.3) is 0 Å². The number of anilines is 1. The molecule has 2 aromatic heterocycles. The lowest BCUT2D eigenvalue weighted by atomic mass is 10.3. The average Bonchev–Trinajstić information content (AvgIpc) is 2.37. The number of aryl methyl sites for hydroxylation is 1. The van der Waals surface area contributed by atoms with Crippen LogP contribution in [0.5, 0.6) is 0 Å². The Hall–Kier alpha value is -2.50. The zero-order chi connectivity index (χ0) is 13.0. The molecule has 2 rings (SSSR count). The van der Waals surface area contributed by atoms with Crippen LogP contribution in [0.2, 0.25) is 0 Å². The highest BCUT2D eigenvalue weighted by Crippen LogP contribution is 2.22. The summed E-state index contributed by atoms with van der Waals surface area (Å²) in [6.07, 6.45) is 3.38. The summed E-state index contributed by atoms with van der Waals surface area (Å²) in [4.78, 5) is 18.5. The zero-order valence-electron chi connectivity index (χ0n) is 9.83. The quantitative estimate of drug-likeness (QED) is 0.659. The summed E-state index contributed by atoms with van der Waals surface area (Å²) < 4.78 is 0. The first kappa shape index (κ1) is 12.0. The fraction of sp³-hybridized carbons (Fsp3) is 0.167. The van der Waals surface area contributed by atoms with Crippen molar-refractivity contribution in [3.8, 4) is 0 Å². The van der Waals surface area contributed by atoms with E-state index in [1.807, 2.05) is 12.1 Å². The van der Waals surface area contributed by atoms with Crippen molar-refractivity contribution in [3.05, 3.63) is 58.0 Å². The second kappa shape index (κ2) is 5.22. The second-order valence-corrected chi connectivity index (χ2v) is 3.79. The predicted octanol–water partition coefficient (Wildman–Crippen LogP) is 2.31. The number of aromatic nitrogens is 2. The van der Waals surface area contributed by atoms with Gasteiger partial charge in [0.05, 0.1) is 4.92 Å². The van der Waals surface area contributed by atoms with E-state index in [1.54, 1.807) is 25.4 Å². The molecule has 0 spiro atoms. The summed E-state index contributed by atoms with van der Waals surface area (Å²) in [5.74, 6) is 0.281. The highest BCUT2D eigenvalue weighted by molar-refractivity contribution is 5.56. The van der Waals surface area contributed by atoms with Crippen LogP contribution < -0.4 is 5.32 Å². The molecule has 0 fully saturated rings. The Kier molecular flexibility index (Phi) is 3.47. The van der Waals surface area contributed by atoms with Gasteiger partial charge >= 0.3 is 5.69 Å². The Morgan fingerprint density at radius 3 is 2.89 bits per heavy atom. The second-order valence-electron chi connectivity index (χ2n) is 3.79. The standard InChI is InChI=1S/C12H12N4O2/c1-9-4-5-11(16(17)18)12(15-9)14-8-10-3-2-6-13-7-10/h2-7H,8H2,1H3,(H,14,15). The number of nitro groups is 1. The van der Waals surface area contributed by atoms with E-state index >= 15 is 0 Å². The zero-order valence-corrected chi connectivity index (χ0v) is 9.83. The maximum atomic E-state index is 10.9. The first-order valence-electron chi connectivity index (χ1n) is 5.41. The first-order chi connectivity index (χ1) is 8.66. The van der Waals surface area contributed by atoms with Gasteiger partial charge in [-0.15, -0.1) is 0 Å². The largest absolute Gasteiger partial charge is 0.360 e. The molecule has 18 heavy (non-hydrogen) atoms. The molecule has 6 nitrogen and oxygen atoms in total. The van der Waals surface area contributed by atoms with Crippen LogP contribution in [0, 0.1) is 17.0 Å². The fourth-order valence-corrected chi connectivity index (χ4v) is 1.52. The van der Waals surface area contributed by atoms with Gasteiger partial charge in [-0.05, 0) is 24.6 Å². The van der Waals surface area contributed by atoms with E-state index in [-0.39, 0.29) is 11.5 Å². The summed E-state index contributed by atoms with van der Waals surface area (Å²) in [7, 11) is 0. The monoisotopic (exact) mass is 244 g/mol. The smallest absolute Gasteiger partial charge is 0.311 e. The lowest BCUT2D eigenvalue weighted by Crippen LogP contribution is -2.05. The van der Waals surface area contributed by atoms with Crippen molar-refractivity contribution in [3.63, 3.8) is 0 Å². The molecule has 0 saturated heterocycles. The van der Waals surface area contributed by atoms with E-state index in [0.29, 0.717) is 6.54 Å². The van der Waals surface area contributed by atoms with Gasteiger partial charge in [0.1, 0.15) is 0 Å². The van der Waals surface area contributed by atoms with Crippen LogP contribution in [0.3, 0.4) is 0 Å². The van der Waals surface area contributed by atoms with Crippen molar-refractivity contribution in [2.45, 2.75) is 13.5 Å². The molecule has 2 aromatic rings. The molecule has 6 heteroatoms. The molecule has 0 aromatic carbocycles. The normalized spacial score (nSPS) is 10.1. The van der Waals surface area contributed by atoms with Crippen molar-refractivity contribution in [1.29, 1.82) is 0 Å². The molecule has 0 amide bonds. The molecule has 2 heterocycles. The minimum Gasteiger partial charge on any atom is -0.360 e. The number of nitrogens with one attached hydrogen (secondary N) is 1. The molecule has 0 aliphatic heterocycles. The SMILES string of the molecule is Cc1ccc([N+](=O)[O-])c(NCc2cccnc2)n1. The summed E-state index contributed by atoms with van der Waals surface area (Å²) in [6.45, 7) is 2.24. The van der Waals surface area contributed by atoms with Gasteiger partial charge in [0, 0.05) is 30.7 Å². The van der Waals surface area contributed by atoms with E-state index in [9.17, 15) is 10.1 Å². The minimum atomic E-state index is -0.446. The summed E-state index contributed by atoms with van der Waals surface area (Å²) in [5, 5.41) is 13.8. The number of hydrogen-bond acceptors (Lipinski definition) is 5. The summed E-state index contributed by atoms with van der Waals surface area (Å²) >= 11 is 0. The number of hydrogen-bond donors (Lipinski definition) is 1. The molecule has 1 N–H and O–H groups in total. The van der Waals surface area contributed by atoms with Crippen molar-refractivity contribution in [1.82, 2.24) is 9.97 Å². The van der Waals surface area contributed by atoms with E-state index in [2.05, 4.69) is 15.3 Å². The van der Waals surface area contributed by atoms with Crippen LogP contribution in [0.1, 0.15) is 11.3 Å². The molecular formula is C12H12N4O2. The summed E-state index contributed by atoms with van der Waals surface area (Å²) in [5.41, 5.74) is 1.65. The minimum absolute atomic E-state index is 0.0236. The van der Waals surface area contributed by atoms with Crippen LogP contribution in [0.25, 0.3) is 0 Å². The third-order valence-corrected chi connectivity index (χ3v) is 2.39. The molecule has 0 saturated carbocycles. The molecule has 0 radical (unpaired) electrons. The Morgan fingerprint density at radius 2 is 2.22 bits per heavy atom. The van der Waals surface area contributed by atoms with Crippen molar-refractivity contribution < 1.29 is 4.92 Å². The highest BCUT2D eigenvalue weighted by atomic mass is 16.6. The fourth-order valence-electron chi connectivity index (χ4n) is 1.52. The van der Waals surface area contributed by atoms with Gasteiger partial charge in [0.15, 0.2) is 0 Å². The topological polar surface area (TPSA) is 81.0 Å². The Bertz CT molecular complexity index is 557. The van der Waals surface area contributed by atoms with Gasteiger partial charge in [-0.1, -0.05) is 6.07 Å². The van der Waals surface area contributed by atoms with Crippen molar-refractivity contribution in [2.75, 3.05) is 5.32 Å². The molecule has 92 valence electrons. The van der Waals surface area contributed by atoms with E-state index < -0.39 is 4.92 Å². The number of nitrogens with zero attached hydrogens (tertiary/aromatic N) is 3. The van der Waals surface area contributed by atoms with E-state index in [0.717, 1.165) is 11.3 Å². The molecular weight excluding hydrogens is 232 g/mol. The first-order valence-corrected chi connectivity index (χ1v) is 5.41. The van der Waals surface area contributed by atoms with Crippen LogP contribution >= 0.6 is 0 Å².